The van der Waals surface area contributed by atoms with E-state index < -0.39 is 0 Å². The summed E-state index contributed by atoms with van der Waals surface area (Å²) < 4.78 is 5.81. The molecule has 0 saturated heterocycles. The second kappa shape index (κ2) is 18.8. The molecular formula is C61H55N5OS. The lowest BCUT2D eigenvalue weighted by Crippen LogP contribution is -2.30. The van der Waals surface area contributed by atoms with Crippen LogP contribution in [-0.2, 0) is 5.41 Å². The number of ether oxygens (including phenoxy) is 1. The number of anilines is 11. The standard InChI is InChI=1S/C19H16N2.C16H17N.C13H11NO.C13H11NS/c1-20-16-11-5-7-13-18(16)21(15-9-3-2-4-10-15)19-14-8-6-12-17(19)20;1-16(2)12-8-4-6-10-14(12)17(3)15-11-7-5-9-13(15)16;2*1-14-10-6-2-4-8-12(10)15-13-9-5-3-7-11(13)14/h2-14H,1H3;4-11H,1-3H3;2*2-9H,1H3. The molecule has 0 aromatic heterocycles. The highest BCUT2D eigenvalue weighted by atomic mass is 32.2. The summed E-state index contributed by atoms with van der Waals surface area (Å²) in [5, 5.41) is 0. The van der Waals surface area contributed by atoms with Crippen LogP contribution in [0.15, 0.2) is 234 Å². The fourth-order valence-electron chi connectivity index (χ4n) is 9.63. The number of nitrogens with zero attached hydrogens (tertiary/aromatic N) is 5. The third kappa shape index (κ3) is 8.20. The number of para-hydroxylation sites is 13. The van der Waals surface area contributed by atoms with Crippen LogP contribution in [0.3, 0.4) is 0 Å². The minimum Gasteiger partial charge on any atom is -0.453 e. The van der Waals surface area contributed by atoms with E-state index in [0.29, 0.717) is 0 Å². The Morgan fingerprint density at radius 2 is 0.618 bits per heavy atom. The number of fused-ring (bicyclic) bond motifs is 8. The van der Waals surface area contributed by atoms with Crippen LogP contribution in [0.2, 0.25) is 0 Å². The fraction of sp³-hybridized carbons (Fsp3) is 0.115. The molecule has 68 heavy (non-hydrogen) atoms. The lowest BCUT2D eigenvalue weighted by molar-refractivity contribution is 0.475. The maximum Gasteiger partial charge on any atom is 0.151 e. The number of benzene rings is 9. The maximum atomic E-state index is 5.81. The second-order valence-corrected chi connectivity index (χ2v) is 18.7. The van der Waals surface area contributed by atoms with E-state index in [-0.39, 0.29) is 5.41 Å². The molecule has 0 spiro atoms. The molecule has 0 atom stereocenters. The molecule has 0 radical (unpaired) electrons. The molecule has 13 rings (SSSR count). The first-order chi connectivity index (χ1) is 33.2. The number of hydrogen-bond donors (Lipinski definition) is 0. The SMILES string of the molecule is CN1c2ccccc2C(C)(C)c2ccccc21.CN1c2ccccc2N(c2ccccc2)c2ccccc21.CN1c2ccccc2Oc2ccccc21.CN1c2ccccc2Sc2ccccc21. The van der Waals surface area contributed by atoms with Crippen molar-refractivity contribution in [2.75, 3.05) is 52.7 Å². The van der Waals surface area contributed by atoms with Crippen molar-refractivity contribution in [1.82, 2.24) is 0 Å². The predicted octanol–water partition coefficient (Wildman–Crippen LogP) is 16.8. The van der Waals surface area contributed by atoms with Gasteiger partial charge in [0, 0.05) is 60.5 Å². The Kier molecular flexibility index (Phi) is 12.2. The minimum absolute atomic E-state index is 0.0830. The first-order valence-corrected chi connectivity index (χ1v) is 23.9. The van der Waals surface area contributed by atoms with E-state index in [2.05, 4.69) is 255 Å². The molecule has 4 aliphatic heterocycles. The van der Waals surface area contributed by atoms with Crippen LogP contribution in [0, 0.1) is 0 Å². The summed E-state index contributed by atoms with van der Waals surface area (Å²) in [5.41, 5.74) is 16.4. The van der Waals surface area contributed by atoms with Crippen molar-refractivity contribution in [3.8, 4) is 11.5 Å². The molecule has 0 saturated carbocycles. The smallest absolute Gasteiger partial charge is 0.151 e. The number of rotatable bonds is 1. The summed E-state index contributed by atoms with van der Waals surface area (Å²) in [6, 6.07) is 78.1. The van der Waals surface area contributed by atoms with Gasteiger partial charge >= 0.3 is 0 Å². The van der Waals surface area contributed by atoms with Crippen LogP contribution < -0.4 is 29.2 Å². The molecular weight excluding hydrogens is 851 g/mol. The van der Waals surface area contributed by atoms with Crippen molar-refractivity contribution in [3.05, 3.63) is 236 Å². The zero-order valence-corrected chi connectivity index (χ0v) is 40.2. The van der Waals surface area contributed by atoms with Gasteiger partial charge in [0.2, 0.25) is 0 Å². The highest BCUT2D eigenvalue weighted by Crippen LogP contribution is 2.51. The van der Waals surface area contributed by atoms with Gasteiger partial charge in [-0.05, 0) is 108 Å². The highest BCUT2D eigenvalue weighted by Gasteiger charge is 2.34. The first kappa shape index (κ1) is 44.0. The monoisotopic (exact) mass is 905 g/mol. The average molecular weight is 906 g/mol. The molecule has 0 aliphatic carbocycles. The normalized spacial score (nSPS) is 13.8. The first-order valence-electron chi connectivity index (χ1n) is 23.1. The minimum atomic E-state index is 0.0830. The highest BCUT2D eigenvalue weighted by molar-refractivity contribution is 7.99. The maximum absolute atomic E-state index is 5.81. The lowest BCUT2D eigenvalue weighted by Gasteiger charge is -2.40. The van der Waals surface area contributed by atoms with Crippen molar-refractivity contribution in [3.63, 3.8) is 0 Å². The van der Waals surface area contributed by atoms with Crippen LogP contribution in [0.5, 0.6) is 11.5 Å². The molecule has 7 heteroatoms. The van der Waals surface area contributed by atoms with Gasteiger partial charge in [-0.15, -0.1) is 0 Å². The predicted molar refractivity (Wildman–Crippen MR) is 288 cm³/mol. The zero-order chi connectivity index (χ0) is 46.8. The van der Waals surface area contributed by atoms with E-state index in [9.17, 15) is 0 Å². The summed E-state index contributed by atoms with van der Waals surface area (Å²) in [5.74, 6) is 1.83. The van der Waals surface area contributed by atoms with Crippen LogP contribution in [-0.4, -0.2) is 28.2 Å². The van der Waals surface area contributed by atoms with E-state index in [1.165, 1.54) is 72.1 Å². The topological polar surface area (TPSA) is 25.4 Å². The van der Waals surface area contributed by atoms with E-state index in [1.54, 1.807) is 0 Å². The lowest BCUT2D eigenvalue weighted by atomic mass is 9.74. The Morgan fingerprint density at radius 3 is 1.09 bits per heavy atom. The van der Waals surface area contributed by atoms with Crippen LogP contribution >= 0.6 is 11.8 Å². The van der Waals surface area contributed by atoms with Crippen LogP contribution in [0.25, 0.3) is 0 Å². The second-order valence-electron chi connectivity index (χ2n) is 17.6. The summed E-state index contributed by atoms with van der Waals surface area (Å²) in [6.07, 6.45) is 0. The molecule has 9 aromatic rings. The molecule has 4 aliphatic rings. The quantitative estimate of drug-likeness (QED) is 0.162. The zero-order valence-electron chi connectivity index (χ0n) is 39.4. The Balaban J connectivity index is 0.000000107. The molecule has 0 amide bonds. The summed E-state index contributed by atoms with van der Waals surface area (Å²) in [7, 11) is 8.45. The van der Waals surface area contributed by atoms with E-state index >= 15 is 0 Å². The van der Waals surface area contributed by atoms with Gasteiger partial charge in [-0.25, -0.2) is 0 Å². The average Bonchev–Trinajstić information content (AvgIpc) is 3.39. The van der Waals surface area contributed by atoms with Crippen molar-refractivity contribution >= 4 is 74.3 Å². The van der Waals surface area contributed by atoms with Crippen LogP contribution in [0.4, 0.5) is 62.6 Å². The van der Waals surface area contributed by atoms with Gasteiger partial charge in [-0.2, -0.15) is 0 Å². The van der Waals surface area contributed by atoms with Crippen molar-refractivity contribution < 1.29 is 4.74 Å². The van der Waals surface area contributed by atoms with Gasteiger partial charge in [0.15, 0.2) is 11.5 Å². The number of hydrogen-bond acceptors (Lipinski definition) is 7. The fourth-order valence-corrected chi connectivity index (χ4v) is 10.8. The molecule has 4 heterocycles. The molecule has 0 fully saturated rings. The molecule has 0 bridgehead atoms. The summed E-state index contributed by atoms with van der Waals surface area (Å²) in [4.78, 5) is 13.9. The van der Waals surface area contributed by atoms with Crippen molar-refractivity contribution in [2.45, 2.75) is 29.1 Å². The third-order valence-corrected chi connectivity index (χ3v) is 14.3. The van der Waals surface area contributed by atoms with Gasteiger partial charge in [-0.3, -0.25) is 0 Å². The van der Waals surface area contributed by atoms with Gasteiger partial charge in [0.1, 0.15) is 0 Å². The molecule has 0 unspecified atom stereocenters. The summed E-state index contributed by atoms with van der Waals surface area (Å²) >= 11 is 1.84. The van der Waals surface area contributed by atoms with Gasteiger partial charge in [0.05, 0.1) is 45.5 Å². The van der Waals surface area contributed by atoms with Crippen molar-refractivity contribution in [2.24, 2.45) is 0 Å². The molecule has 9 aromatic carbocycles. The Morgan fingerprint density at radius 1 is 0.309 bits per heavy atom. The van der Waals surface area contributed by atoms with Gasteiger partial charge < -0.3 is 29.2 Å². The largest absolute Gasteiger partial charge is 0.453 e. The Labute approximate surface area is 405 Å². The van der Waals surface area contributed by atoms with E-state index in [1.807, 2.05) is 48.2 Å². The molecule has 336 valence electrons. The summed E-state index contributed by atoms with van der Waals surface area (Å²) in [6.45, 7) is 4.61. The Hall–Kier alpha value is -7.87. The van der Waals surface area contributed by atoms with E-state index in [0.717, 1.165) is 22.9 Å². The van der Waals surface area contributed by atoms with Gasteiger partial charge in [-0.1, -0.05) is 153 Å². The Bertz CT molecular complexity index is 2940. The van der Waals surface area contributed by atoms with Crippen molar-refractivity contribution in [1.29, 1.82) is 0 Å². The van der Waals surface area contributed by atoms with E-state index in [4.69, 9.17) is 4.74 Å². The third-order valence-electron chi connectivity index (χ3n) is 13.2. The van der Waals surface area contributed by atoms with Crippen LogP contribution in [0.1, 0.15) is 25.0 Å². The molecule has 6 nitrogen and oxygen atoms in total. The molecule has 0 N–H and O–H groups in total. The van der Waals surface area contributed by atoms with Gasteiger partial charge in [0.25, 0.3) is 0 Å².